The molecule has 2 aromatic heterocycles. The molecule has 4 nitrogen and oxygen atoms in total. The van der Waals surface area contributed by atoms with Gasteiger partial charge in [-0.05, 0) is 40.5 Å². The zero-order chi connectivity index (χ0) is 29.0. The summed E-state index contributed by atoms with van der Waals surface area (Å²) in [7, 11) is 0. The summed E-state index contributed by atoms with van der Waals surface area (Å²) in [5, 5.41) is 6.41. The number of fused-ring (bicyclic) bond motifs is 6. The topological polar surface area (TPSA) is 50.7 Å². The molecule has 0 bridgehead atoms. The van der Waals surface area contributed by atoms with E-state index in [1.807, 2.05) is 72.0 Å². The van der Waals surface area contributed by atoms with E-state index in [0.29, 0.717) is 17.5 Å². The van der Waals surface area contributed by atoms with Gasteiger partial charge in [0, 0.05) is 49.0 Å². The fourth-order valence-electron chi connectivity index (χ4n) is 6.63. The molecule has 2 unspecified atom stereocenters. The third kappa shape index (κ3) is 4.08. The summed E-state index contributed by atoms with van der Waals surface area (Å²) in [4.78, 5) is 14.7. The van der Waals surface area contributed by atoms with Gasteiger partial charge in [-0.2, -0.15) is 0 Å². The van der Waals surface area contributed by atoms with E-state index in [2.05, 4.69) is 84.3 Å². The number of allylic oxidation sites excluding steroid dienone is 2. The van der Waals surface area contributed by atoms with Crippen molar-refractivity contribution in [1.82, 2.24) is 20.3 Å². The van der Waals surface area contributed by atoms with E-state index < -0.39 is 0 Å². The molecule has 208 valence electrons. The molecular weight excluding hydrogens is 557 g/mol. The Morgan fingerprint density at radius 3 is 1.93 bits per heavy atom. The number of thiophene rings is 1. The van der Waals surface area contributed by atoms with Gasteiger partial charge >= 0.3 is 0 Å². The van der Waals surface area contributed by atoms with Crippen LogP contribution in [0.15, 0.2) is 140 Å². The first kappa shape index (κ1) is 25.1. The molecule has 2 aliphatic rings. The summed E-state index contributed by atoms with van der Waals surface area (Å²) in [5.41, 5.74) is 8.27. The number of hydrogen-bond donors (Lipinski definition) is 1. The highest BCUT2D eigenvalue weighted by molar-refractivity contribution is 7.25. The van der Waals surface area contributed by atoms with Crippen LogP contribution in [0, 0.1) is 0 Å². The number of rotatable bonds is 4. The monoisotopic (exact) mass is 582 g/mol. The molecule has 7 aromatic rings. The third-order valence-corrected chi connectivity index (χ3v) is 9.83. The average molecular weight is 583 g/mol. The summed E-state index contributed by atoms with van der Waals surface area (Å²) in [5.74, 6) is 2.18. The van der Waals surface area contributed by atoms with Crippen molar-refractivity contribution < 1.29 is 0 Å². The molecule has 0 spiro atoms. The molecule has 5 heteroatoms. The fraction of sp³-hybridized carbons (Fsp3) is 0.0513. The van der Waals surface area contributed by atoms with Crippen molar-refractivity contribution in [2.24, 2.45) is 0 Å². The second-order valence-electron chi connectivity index (χ2n) is 11.3. The summed E-state index contributed by atoms with van der Waals surface area (Å²) in [6, 6.07) is 42.7. The zero-order valence-corrected chi connectivity index (χ0v) is 24.5. The quantitative estimate of drug-likeness (QED) is 0.225. The smallest absolute Gasteiger partial charge is 0.165 e. The Hall–Kier alpha value is -5.39. The molecule has 3 heterocycles. The van der Waals surface area contributed by atoms with E-state index in [4.69, 9.17) is 15.0 Å². The van der Waals surface area contributed by atoms with Gasteiger partial charge in [0.2, 0.25) is 0 Å². The maximum Gasteiger partial charge on any atom is 0.165 e. The lowest BCUT2D eigenvalue weighted by atomic mass is 9.87. The first-order chi connectivity index (χ1) is 21.8. The lowest BCUT2D eigenvalue weighted by Crippen LogP contribution is -2.31. The lowest BCUT2D eigenvalue weighted by Gasteiger charge is -2.26. The molecule has 0 radical (unpaired) electrons. The van der Waals surface area contributed by atoms with Crippen molar-refractivity contribution in [3.05, 3.63) is 157 Å². The van der Waals surface area contributed by atoms with Crippen LogP contribution in [0.3, 0.4) is 0 Å². The Kier molecular flexibility index (Phi) is 5.78. The minimum absolute atomic E-state index is 0.0944. The van der Waals surface area contributed by atoms with Crippen LogP contribution in [-0.2, 0) is 0 Å². The third-order valence-electron chi connectivity index (χ3n) is 8.70. The first-order valence-electron chi connectivity index (χ1n) is 14.9. The van der Waals surface area contributed by atoms with E-state index in [0.717, 1.165) is 16.7 Å². The van der Waals surface area contributed by atoms with Crippen LogP contribution in [0.5, 0.6) is 0 Å². The average Bonchev–Trinajstić information content (AvgIpc) is 3.62. The largest absolute Gasteiger partial charge is 0.383 e. The van der Waals surface area contributed by atoms with Crippen LogP contribution in [0.1, 0.15) is 22.9 Å². The van der Waals surface area contributed by atoms with Gasteiger partial charge in [-0.1, -0.05) is 115 Å². The Morgan fingerprint density at radius 1 is 0.545 bits per heavy atom. The van der Waals surface area contributed by atoms with Gasteiger partial charge in [0.05, 0.1) is 6.04 Å². The molecule has 0 saturated carbocycles. The van der Waals surface area contributed by atoms with Gasteiger partial charge < -0.3 is 5.32 Å². The molecule has 0 fully saturated rings. The van der Waals surface area contributed by atoms with Crippen LogP contribution in [0.4, 0.5) is 0 Å². The van der Waals surface area contributed by atoms with Crippen molar-refractivity contribution in [1.29, 1.82) is 0 Å². The van der Waals surface area contributed by atoms with E-state index in [-0.39, 0.29) is 12.0 Å². The van der Waals surface area contributed by atoms with E-state index in [9.17, 15) is 0 Å². The molecule has 1 aliphatic heterocycles. The SMILES string of the molecule is C1=CC(C2c3ccccc3-c3cc4c(cc32)sc2ccccc24)NC=C1c1nc(-c2ccccc2)nc(-c2ccccc2)n1. The van der Waals surface area contributed by atoms with Crippen molar-refractivity contribution >= 4 is 37.1 Å². The molecular formula is C39H26N4S. The van der Waals surface area contributed by atoms with Gasteiger partial charge in [-0.15, -0.1) is 11.3 Å². The molecule has 5 aromatic carbocycles. The molecule has 9 rings (SSSR count). The minimum Gasteiger partial charge on any atom is -0.383 e. The zero-order valence-electron chi connectivity index (χ0n) is 23.7. The Balaban J connectivity index is 1.11. The van der Waals surface area contributed by atoms with Gasteiger partial charge in [0.15, 0.2) is 17.5 Å². The Morgan fingerprint density at radius 2 is 1.20 bits per heavy atom. The predicted molar refractivity (Wildman–Crippen MR) is 181 cm³/mol. The van der Waals surface area contributed by atoms with Crippen LogP contribution in [0.25, 0.3) is 59.6 Å². The predicted octanol–water partition coefficient (Wildman–Crippen LogP) is 9.25. The van der Waals surface area contributed by atoms with Crippen molar-refractivity contribution in [3.63, 3.8) is 0 Å². The van der Waals surface area contributed by atoms with Crippen LogP contribution in [0.2, 0.25) is 0 Å². The van der Waals surface area contributed by atoms with Gasteiger partial charge in [-0.25, -0.2) is 15.0 Å². The first-order valence-corrected chi connectivity index (χ1v) is 15.7. The second-order valence-corrected chi connectivity index (χ2v) is 12.4. The number of hydrogen-bond acceptors (Lipinski definition) is 5. The second kappa shape index (κ2) is 10.1. The van der Waals surface area contributed by atoms with Crippen LogP contribution >= 0.6 is 11.3 Å². The molecule has 0 amide bonds. The number of dihydropyridines is 1. The summed E-state index contributed by atoms with van der Waals surface area (Å²) >= 11 is 1.88. The summed E-state index contributed by atoms with van der Waals surface area (Å²) in [6.45, 7) is 0. The van der Waals surface area contributed by atoms with Crippen LogP contribution < -0.4 is 5.32 Å². The number of nitrogens with one attached hydrogen (secondary N) is 1. The summed E-state index contributed by atoms with van der Waals surface area (Å²) in [6.07, 6.45) is 6.51. The van der Waals surface area contributed by atoms with Crippen molar-refractivity contribution in [3.8, 4) is 33.9 Å². The summed E-state index contributed by atoms with van der Waals surface area (Å²) < 4.78 is 2.67. The lowest BCUT2D eigenvalue weighted by molar-refractivity contribution is 0.624. The van der Waals surface area contributed by atoms with E-state index in [1.165, 1.54) is 42.4 Å². The number of benzene rings is 5. The van der Waals surface area contributed by atoms with Gasteiger partial charge in [0.25, 0.3) is 0 Å². The number of aromatic nitrogens is 3. The molecule has 2 atom stereocenters. The maximum absolute atomic E-state index is 4.92. The Labute approximate surface area is 259 Å². The minimum atomic E-state index is 0.0944. The number of nitrogens with zero attached hydrogens (tertiary/aromatic N) is 3. The molecule has 0 saturated heterocycles. The maximum atomic E-state index is 4.92. The Bertz CT molecular complexity index is 2210. The molecule has 44 heavy (non-hydrogen) atoms. The molecule has 1 N–H and O–H groups in total. The van der Waals surface area contributed by atoms with Gasteiger partial charge in [-0.3, -0.25) is 0 Å². The highest BCUT2D eigenvalue weighted by Crippen LogP contribution is 2.50. The molecule has 1 aliphatic carbocycles. The van der Waals surface area contributed by atoms with E-state index in [1.54, 1.807) is 0 Å². The standard InChI is InChI=1S/C39H26N4S/c1-3-11-24(12-4-1)37-41-38(25-13-5-2-6-14-25)43-39(42-37)26-19-20-33(40-23-26)36-29-17-8-7-15-27(29)30-21-31-28-16-9-10-18-34(28)44-35(31)22-32(30)36/h1-23,33,36,40H. The highest BCUT2D eigenvalue weighted by atomic mass is 32.1. The van der Waals surface area contributed by atoms with Crippen molar-refractivity contribution in [2.45, 2.75) is 12.0 Å². The normalized spacial score (nSPS) is 16.9. The van der Waals surface area contributed by atoms with Crippen LogP contribution in [-0.4, -0.2) is 21.0 Å². The highest BCUT2D eigenvalue weighted by Gasteiger charge is 2.34. The fourth-order valence-corrected chi connectivity index (χ4v) is 7.76. The van der Waals surface area contributed by atoms with Crippen molar-refractivity contribution in [2.75, 3.05) is 0 Å². The van der Waals surface area contributed by atoms with Gasteiger partial charge in [0.1, 0.15) is 0 Å². The van der Waals surface area contributed by atoms with E-state index >= 15 is 0 Å².